The number of hydrogen-bond acceptors (Lipinski definition) is 3. The van der Waals surface area contributed by atoms with Gasteiger partial charge in [-0.05, 0) is 31.0 Å². The first-order valence-electron chi connectivity index (χ1n) is 6.65. The van der Waals surface area contributed by atoms with E-state index in [1.165, 1.54) is 25.3 Å². The lowest BCUT2D eigenvalue weighted by molar-refractivity contribution is -0.121. The molecule has 0 radical (unpaired) electrons. The number of carbonyl (C=O) groups is 2. The largest absolute Gasteiger partial charge is 0.494 e. The molecule has 1 aliphatic carbocycles. The van der Waals surface area contributed by atoms with Crippen molar-refractivity contribution in [3.63, 3.8) is 0 Å². The van der Waals surface area contributed by atoms with E-state index < -0.39 is 5.82 Å². The number of halogens is 1. The third kappa shape index (κ3) is 2.98. The lowest BCUT2D eigenvalue weighted by Crippen LogP contribution is -2.39. The Morgan fingerprint density at radius 1 is 1.35 bits per heavy atom. The van der Waals surface area contributed by atoms with Gasteiger partial charge in [-0.25, -0.2) is 4.39 Å². The second-order valence-electron chi connectivity index (χ2n) is 5.04. The Bertz CT molecular complexity index is 520. The molecule has 0 aliphatic heterocycles. The number of ether oxygens (including phenoxy) is 1. The number of methoxy groups -OCH3 is 1. The number of rotatable bonds is 3. The topological polar surface area (TPSA) is 46.6 Å². The molecule has 0 spiro atoms. The molecule has 0 bridgehead atoms. The van der Waals surface area contributed by atoms with Crippen molar-refractivity contribution < 1.29 is 18.7 Å². The van der Waals surface area contributed by atoms with Crippen LogP contribution in [0.4, 0.5) is 4.39 Å². The first-order valence-corrected chi connectivity index (χ1v) is 6.65. The zero-order valence-electron chi connectivity index (χ0n) is 11.7. The van der Waals surface area contributed by atoms with Gasteiger partial charge >= 0.3 is 0 Å². The molecule has 1 aromatic carbocycles. The summed E-state index contributed by atoms with van der Waals surface area (Å²) in [7, 11) is 3.09. The first kappa shape index (κ1) is 14.5. The Morgan fingerprint density at radius 3 is 2.60 bits per heavy atom. The second-order valence-corrected chi connectivity index (χ2v) is 5.04. The number of amides is 1. The molecule has 108 valence electrons. The van der Waals surface area contributed by atoms with Crippen LogP contribution in [0.5, 0.6) is 5.75 Å². The van der Waals surface area contributed by atoms with Crippen molar-refractivity contribution in [2.45, 2.75) is 31.7 Å². The Balaban J connectivity index is 2.12. The Morgan fingerprint density at radius 2 is 2.00 bits per heavy atom. The zero-order valence-corrected chi connectivity index (χ0v) is 11.7. The van der Waals surface area contributed by atoms with E-state index in [0.29, 0.717) is 31.2 Å². The summed E-state index contributed by atoms with van der Waals surface area (Å²) >= 11 is 0. The molecule has 0 saturated heterocycles. The van der Waals surface area contributed by atoms with Gasteiger partial charge in [-0.15, -0.1) is 0 Å². The van der Waals surface area contributed by atoms with Crippen molar-refractivity contribution in [2.24, 2.45) is 0 Å². The predicted molar refractivity (Wildman–Crippen MR) is 72.3 cm³/mol. The molecule has 0 heterocycles. The number of benzene rings is 1. The van der Waals surface area contributed by atoms with Gasteiger partial charge in [0.25, 0.3) is 5.91 Å². The highest BCUT2D eigenvalue weighted by molar-refractivity contribution is 5.94. The molecule has 0 unspecified atom stereocenters. The molecule has 2 rings (SSSR count). The molecule has 0 N–H and O–H groups in total. The highest BCUT2D eigenvalue weighted by Gasteiger charge is 2.26. The van der Waals surface area contributed by atoms with Gasteiger partial charge in [0.05, 0.1) is 7.11 Å². The van der Waals surface area contributed by atoms with E-state index in [1.54, 1.807) is 11.9 Å². The number of carbonyl (C=O) groups excluding carboxylic acids is 2. The third-order valence-electron chi connectivity index (χ3n) is 3.78. The standard InChI is InChI=1S/C15H18FNO3/c1-17(11-4-6-12(18)7-5-11)15(19)10-3-8-13(16)14(9-10)20-2/h3,8-9,11H,4-7H2,1-2H3. The van der Waals surface area contributed by atoms with Gasteiger partial charge in [-0.3, -0.25) is 9.59 Å². The van der Waals surface area contributed by atoms with Crippen LogP contribution in [-0.2, 0) is 4.79 Å². The van der Waals surface area contributed by atoms with Crippen LogP contribution in [0.1, 0.15) is 36.0 Å². The third-order valence-corrected chi connectivity index (χ3v) is 3.78. The van der Waals surface area contributed by atoms with E-state index in [9.17, 15) is 14.0 Å². The summed E-state index contributed by atoms with van der Waals surface area (Å²) in [6.45, 7) is 0. The van der Waals surface area contributed by atoms with Crippen LogP contribution in [-0.4, -0.2) is 36.8 Å². The Kier molecular flexibility index (Phi) is 4.37. The number of Topliss-reactive ketones (excluding diaryl/α,β-unsaturated/α-hetero) is 1. The van der Waals surface area contributed by atoms with E-state index >= 15 is 0 Å². The number of nitrogens with zero attached hydrogens (tertiary/aromatic N) is 1. The maximum Gasteiger partial charge on any atom is 0.253 e. The maximum absolute atomic E-state index is 13.3. The smallest absolute Gasteiger partial charge is 0.253 e. The van der Waals surface area contributed by atoms with Crippen LogP contribution in [0.25, 0.3) is 0 Å². The summed E-state index contributed by atoms with van der Waals surface area (Å²) in [6.07, 6.45) is 2.43. The number of hydrogen-bond donors (Lipinski definition) is 0. The molecule has 1 saturated carbocycles. The van der Waals surface area contributed by atoms with Crippen molar-refractivity contribution in [3.8, 4) is 5.75 Å². The van der Waals surface area contributed by atoms with Crippen molar-refractivity contribution >= 4 is 11.7 Å². The maximum atomic E-state index is 13.3. The van der Waals surface area contributed by atoms with Gasteiger partial charge in [0.15, 0.2) is 11.6 Å². The van der Waals surface area contributed by atoms with E-state index in [0.717, 1.165) is 0 Å². The predicted octanol–water partition coefficient (Wildman–Crippen LogP) is 2.42. The van der Waals surface area contributed by atoms with Crippen LogP contribution in [0.2, 0.25) is 0 Å². The average Bonchev–Trinajstić information content (AvgIpc) is 2.47. The zero-order chi connectivity index (χ0) is 14.7. The number of ketones is 1. The van der Waals surface area contributed by atoms with Crippen LogP contribution in [0.15, 0.2) is 18.2 Å². The van der Waals surface area contributed by atoms with Crippen molar-refractivity contribution in [2.75, 3.05) is 14.2 Å². The molecule has 1 fully saturated rings. The van der Waals surface area contributed by atoms with Gasteiger partial charge in [-0.1, -0.05) is 0 Å². The molecule has 1 aliphatic rings. The lowest BCUT2D eigenvalue weighted by Gasteiger charge is -2.30. The highest BCUT2D eigenvalue weighted by atomic mass is 19.1. The molecule has 1 amide bonds. The van der Waals surface area contributed by atoms with Crippen molar-refractivity contribution in [1.29, 1.82) is 0 Å². The summed E-state index contributed by atoms with van der Waals surface area (Å²) < 4.78 is 18.2. The van der Waals surface area contributed by atoms with Crippen LogP contribution in [0, 0.1) is 5.82 Å². The van der Waals surface area contributed by atoms with E-state index in [2.05, 4.69) is 0 Å². The molecule has 5 heteroatoms. The fraction of sp³-hybridized carbons (Fsp3) is 0.467. The summed E-state index contributed by atoms with van der Waals surface area (Å²) in [5.41, 5.74) is 0.391. The fourth-order valence-corrected chi connectivity index (χ4v) is 2.47. The van der Waals surface area contributed by atoms with Crippen LogP contribution in [0.3, 0.4) is 0 Å². The SMILES string of the molecule is COc1cc(C(=O)N(C)C2CCC(=O)CC2)ccc1F. The summed E-state index contributed by atoms with van der Waals surface area (Å²) in [5, 5.41) is 0. The molecule has 0 atom stereocenters. The Labute approximate surface area is 117 Å². The van der Waals surface area contributed by atoms with Gasteiger partial charge in [0.1, 0.15) is 5.78 Å². The summed E-state index contributed by atoms with van der Waals surface area (Å²) in [4.78, 5) is 25.2. The monoisotopic (exact) mass is 279 g/mol. The first-order chi connectivity index (χ1) is 9.52. The highest BCUT2D eigenvalue weighted by Crippen LogP contribution is 2.23. The van der Waals surface area contributed by atoms with Crippen LogP contribution >= 0.6 is 0 Å². The molecule has 4 nitrogen and oxygen atoms in total. The second kappa shape index (κ2) is 6.03. The minimum Gasteiger partial charge on any atom is -0.494 e. The summed E-state index contributed by atoms with van der Waals surface area (Å²) in [5.74, 6) is -0.355. The Hall–Kier alpha value is -1.91. The average molecular weight is 279 g/mol. The van der Waals surface area contributed by atoms with Gasteiger partial charge in [0.2, 0.25) is 0 Å². The van der Waals surface area contributed by atoms with Gasteiger partial charge in [0, 0.05) is 31.5 Å². The lowest BCUT2D eigenvalue weighted by atomic mass is 9.93. The quantitative estimate of drug-likeness (QED) is 0.853. The minimum atomic E-state index is -0.491. The van der Waals surface area contributed by atoms with Crippen molar-refractivity contribution in [3.05, 3.63) is 29.6 Å². The molecular formula is C15H18FNO3. The van der Waals surface area contributed by atoms with Crippen molar-refractivity contribution in [1.82, 2.24) is 4.90 Å². The summed E-state index contributed by atoms with van der Waals surface area (Å²) in [6, 6.07) is 4.15. The molecular weight excluding hydrogens is 261 g/mol. The van der Waals surface area contributed by atoms with E-state index in [-0.39, 0.29) is 23.5 Å². The van der Waals surface area contributed by atoms with E-state index in [4.69, 9.17) is 4.74 Å². The van der Waals surface area contributed by atoms with Gasteiger partial charge < -0.3 is 9.64 Å². The van der Waals surface area contributed by atoms with Crippen LogP contribution < -0.4 is 4.74 Å². The van der Waals surface area contributed by atoms with E-state index in [1.807, 2.05) is 0 Å². The molecule has 20 heavy (non-hydrogen) atoms. The molecule has 1 aromatic rings. The minimum absolute atomic E-state index is 0.0584. The molecule has 0 aromatic heterocycles. The van der Waals surface area contributed by atoms with Gasteiger partial charge in [-0.2, -0.15) is 0 Å². The fourth-order valence-electron chi connectivity index (χ4n) is 2.47. The normalized spacial score (nSPS) is 16.1.